The fourth-order valence-electron chi connectivity index (χ4n) is 3.06. The lowest BCUT2D eigenvalue weighted by atomic mass is 9.95. The zero-order valence-corrected chi connectivity index (χ0v) is 12.7. The smallest absolute Gasteiger partial charge is 0.193 e. The molecule has 0 atom stereocenters. The number of carbonyl (C=O) groups is 1. The van der Waals surface area contributed by atoms with Gasteiger partial charge in [0.2, 0.25) is 0 Å². The van der Waals surface area contributed by atoms with E-state index in [9.17, 15) is 15.0 Å². The average Bonchev–Trinajstić information content (AvgIpc) is 2.62. The maximum atomic E-state index is 13.0. The van der Waals surface area contributed by atoms with Gasteiger partial charge < -0.3 is 10.2 Å². The van der Waals surface area contributed by atoms with E-state index in [1.54, 1.807) is 18.2 Å². The number of aromatic hydroxyl groups is 2. The van der Waals surface area contributed by atoms with E-state index in [2.05, 4.69) is 0 Å². The monoisotopic (exact) mass is 314 g/mol. The molecule has 0 amide bonds. The first-order valence-corrected chi connectivity index (χ1v) is 7.62. The quantitative estimate of drug-likeness (QED) is 0.530. The van der Waals surface area contributed by atoms with Crippen LogP contribution in [-0.2, 0) is 0 Å². The first-order chi connectivity index (χ1) is 11.6. The highest BCUT2D eigenvalue weighted by Gasteiger charge is 2.16. The second kappa shape index (κ2) is 5.39. The SMILES string of the molecule is O=C(c1cc(O)c2ccccc2c1)c1ccc(O)c2ccccc12. The van der Waals surface area contributed by atoms with Crippen LogP contribution in [0.25, 0.3) is 21.5 Å². The zero-order valence-electron chi connectivity index (χ0n) is 12.7. The molecule has 0 bridgehead atoms. The Balaban J connectivity index is 1.93. The van der Waals surface area contributed by atoms with Gasteiger partial charge in [0.1, 0.15) is 11.5 Å². The number of hydrogen-bond donors (Lipinski definition) is 2. The molecule has 3 heteroatoms. The highest BCUT2D eigenvalue weighted by atomic mass is 16.3. The summed E-state index contributed by atoms with van der Waals surface area (Å²) < 4.78 is 0. The number of rotatable bonds is 2. The first kappa shape index (κ1) is 14.3. The Morgan fingerprint density at radius 2 is 1.33 bits per heavy atom. The van der Waals surface area contributed by atoms with Crippen molar-refractivity contribution in [3.05, 3.63) is 83.9 Å². The summed E-state index contributed by atoms with van der Waals surface area (Å²) in [7, 11) is 0. The molecule has 0 unspecified atom stereocenters. The lowest BCUT2D eigenvalue weighted by Gasteiger charge is -2.09. The summed E-state index contributed by atoms with van der Waals surface area (Å²) in [5, 5.41) is 23.0. The molecule has 24 heavy (non-hydrogen) atoms. The molecule has 2 N–H and O–H groups in total. The van der Waals surface area contributed by atoms with Gasteiger partial charge in [-0.25, -0.2) is 0 Å². The molecule has 4 aromatic carbocycles. The summed E-state index contributed by atoms with van der Waals surface area (Å²) in [4.78, 5) is 13.0. The van der Waals surface area contributed by atoms with Gasteiger partial charge in [0.25, 0.3) is 0 Å². The molecule has 4 aromatic rings. The normalized spacial score (nSPS) is 11.0. The maximum Gasteiger partial charge on any atom is 0.193 e. The van der Waals surface area contributed by atoms with E-state index in [0.29, 0.717) is 27.3 Å². The molecular formula is C21H14O3. The van der Waals surface area contributed by atoms with Crippen molar-refractivity contribution in [2.75, 3.05) is 0 Å². The maximum absolute atomic E-state index is 13.0. The fourth-order valence-corrected chi connectivity index (χ4v) is 3.06. The van der Waals surface area contributed by atoms with Crippen LogP contribution in [0.2, 0.25) is 0 Å². The molecule has 4 rings (SSSR count). The number of phenolic OH excluding ortho intramolecular Hbond substituents is 2. The van der Waals surface area contributed by atoms with E-state index < -0.39 is 0 Å². The van der Waals surface area contributed by atoms with Crippen molar-refractivity contribution in [1.82, 2.24) is 0 Å². The van der Waals surface area contributed by atoms with Crippen molar-refractivity contribution in [3.8, 4) is 11.5 Å². The van der Waals surface area contributed by atoms with Gasteiger partial charge in [0.05, 0.1) is 0 Å². The van der Waals surface area contributed by atoms with E-state index in [4.69, 9.17) is 0 Å². The van der Waals surface area contributed by atoms with Crippen LogP contribution >= 0.6 is 0 Å². The minimum absolute atomic E-state index is 0.0829. The number of fused-ring (bicyclic) bond motifs is 2. The molecule has 0 saturated heterocycles. The minimum atomic E-state index is -0.188. The van der Waals surface area contributed by atoms with E-state index >= 15 is 0 Å². The Bertz CT molecular complexity index is 1100. The van der Waals surface area contributed by atoms with Crippen LogP contribution in [-0.4, -0.2) is 16.0 Å². The molecule has 3 nitrogen and oxygen atoms in total. The van der Waals surface area contributed by atoms with Gasteiger partial charge in [-0.05, 0) is 35.0 Å². The second-order valence-electron chi connectivity index (χ2n) is 5.72. The highest BCUT2D eigenvalue weighted by Crippen LogP contribution is 2.31. The summed E-state index contributed by atoms with van der Waals surface area (Å²) in [5.74, 6) is 0.0373. The largest absolute Gasteiger partial charge is 0.507 e. The summed E-state index contributed by atoms with van der Waals surface area (Å²) in [5.41, 5.74) is 0.917. The molecule has 0 aliphatic heterocycles. The molecule has 0 spiro atoms. The molecule has 0 fully saturated rings. The van der Waals surface area contributed by atoms with Crippen molar-refractivity contribution in [1.29, 1.82) is 0 Å². The van der Waals surface area contributed by atoms with E-state index in [1.807, 2.05) is 42.5 Å². The van der Waals surface area contributed by atoms with Gasteiger partial charge in [-0.1, -0.05) is 48.5 Å². The Morgan fingerprint density at radius 3 is 2.12 bits per heavy atom. The zero-order chi connectivity index (χ0) is 16.7. The lowest BCUT2D eigenvalue weighted by molar-refractivity contribution is 0.104. The molecule has 0 aliphatic rings. The first-order valence-electron chi connectivity index (χ1n) is 7.62. The van der Waals surface area contributed by atoms with Crippen LogP contribution in [0, 0.1) is 0 Å². The van der Waals surface area contributed by atoms with Gasteiger partial charge in [-0.2, -0.15) is 0 Å². The predicted molar refractivity (Wildman–Crippen MR) is 94.7 cm³/mol. The minimum Gasteiger partial charge on any atom is -0.507 e. The van der Waals surface area contributed by atoms with Crippen molar-refractivity contribution < 1.29 is 15.0 Å². The van der Waals surface area contributed by atoms with E-state index in [1.165, 1.54) is 12.1 Å². The predicted octanol–water partition coefficient (Wildman–Crippen LogP) is 4.64. The summed E-state index contributed by atoms with van der Waals surface area (Å²) >= 11 is 0. The van der Waals surface area contributed by atoms with Gasteiger partial charge >= 0.3 is 0 Å². The van der Waals surface area contributed by atoms with Crippen molar-refractivity contribution in [2.24, 2.45) is 0 Å². The molecule has 116 valence electrons. The van der Waals surface area contributed by atoms with Gasteiger partial charge in [0.15, 0.2) is 5.78 Å². The third-order valence-corrected chi connectivity index (χ3v) is 4.25. The summed E-state index contributed by atoms with van der Waals surface area (Å²) in [6.07, 6.45) is 0. The van der Waals surface area contributed by atoms with Crippen LogP contribution in [0.4, 0.5) is 0 Å². The molecule has 0 saturated carbocycles. The standard InChI is InChI=1S/C21H14O3/c22-19-10-9-18(16-7-3-4-8-17(16)19)21(24)14-11-13-5-1-2-6-15(13)20(23)12-14/h1-12,22-23H. The topological polar surface area (TPSA) is 57.5 Å². The van der Waals surface area contributed by atoms with Crippen LogP contribution in [0.3, 0.4) is 0 Å². The third-order valence-electron chi connectivity index (χ3n) is 4.25. The summed E-state index contributed by atoms with van der Waals surface area (Å²) in [6.45, 7) is 0. The van der Waals surface area contributed by atoms with E-state index in [0.717, 1.165) is 5.39 Å². The number of phenols is 2. The van der Waals surface area contributed by atoms with Crippen LogP contribution in [0.5, 0.6) is 11.5 Å². The Hall–Kier alpha value is -3.33. The van der Waals surface area contributed by atoms with Crippen LogP contribution < -0.4 is 0 Å². The second-order valence-corrected chi connectivity index (χ2v) is 5.72. The molecule has 0 heterocycles. The molecule has 0 aliphatic carbocycles. The van der Waals surface area contributed by atoms with Crippen molar-refractivity contribution >= 4 is 27.3 Å². The number of benzene rings is 4. The Kier molecular flexibility index (Phi) is 3.21. The Labute approximate surface area is 138 Å². The van der Waals surface area contributed by atoms with E-state index in [-0.39, 0.29) is 17.3 Å². The molecular weight excluding hydrogens is 300 g/mol. The molecule has 0 aromatic heterocycles. The highest BCUT2D eigenvalue weighted by molar-refractivity contribution is 6.18. The van der Waals surface area contributed by atoms with Crippen LogP contribution in [0.15, 0.2) is 72.8 Å². The average molecular weight is 314 g/mol. The number of carbonyl (C=O) groups excluding carboxylic acids is 1. The fraction of sp³-hybridized carbons (Fsp3) is 0. The Morgan fingerprint density at radius 1 is 0.667 bits per heavy atom. The third kappa shape index (κ3) is 2.18. The lowest BCUT2D eigenvalue weighted by Crippen LogP contribution is -2.02. The van der Waals surface area contributed by atoms with Crippen molar-refractivity contribution in [3.63, 3.8) is 0 Å². The van der Waals surface area contributed by atoms with Crippen LogP contribution in [0.1, 0.15) is 15.9 Å². The van der Waals surface area contributed by atoms with Gasteiger partial charge in [-0.15, -0.1) is 0 Å². The van der Waals surface area contributed by atoms with Crippen molar-refractivity contribution in [2.45, 2.75) is 0 Å². The summed E-state index contributed by atoms with van der Waals surface area (Å²) in [6, 6.07) is 21.0. The number of ketones is 1. The van der Waals surface area contributed by atoms with Gasteiger partial charge in [0, 0.05) is 21.9 Å². The van der Waals surface area contributed by atoms with Gasteiger partial charge in [-0.3, -0.25) is 4.79 Å². The number of hydrogen-bond acceptors (Lipinski definition) is 3. The molecule has 0 radical (unpaired) electrons.